The zero-order valence-electron chi connectivity index (χ0n) is 11.4. The Kier molecular flexibility index (Phi) is 4.55. The number of methoxy groups -OCH3 is 1. The quantitative estimate of drug-likeness (QED) is 0.469. The Morgan fingerprint density at radius 2 is 1.96 bits per heavy atom. The molecule has 0 aliphatic heterocycles. The molecule has 0 N–H and O–H groups in total. The summed E-state index contributed by atoms with van der Waals surface area (Å²) in [5, 5.41) is 12.1. The Morgan fingerprint density at radius 3 is 2.52 bits per heavy atom. The van der Waals surface area contributed by atoms with Crippen LogP contribution in [0.15, 0.2) is 29.6 Å². The van der Waals surface area contributed by atoms with E-state index in [4.69, 9.17) is 4.74 Å². The van der Waals surface area contributed by atoms with Crippen molar-refractivity contribution < 1.29 is 32.4 Å². The van der Waals surface area contributed by atoms with Crippen molar-refractivity contribution in [1.29, 1.82) is 0 Å². The minimum absolute atomic E-state index is 0.0148. The number of nitrogens with zero attached hydrogens (tertiary/aromatic N) is 1. The van der Waals surface area contributed by atoms with Gasteiger partial charge in [-0.1, -0.05) is 0 Å². The molecule has 0 bridgehead atoms. The third-order valence-corrected chi connectivity index (χ3v) is 3.57. The van der Waals surface area contributed by atoms with E-state index in [9.17, 15) is 28.1 Å². The number of ether oxygens (including phenoxy) is 2. The van der Waals surface area contributed by atoms with Crippen molar-refractivity contribution in [1.82, 2.24) is 0 Å². The first-order chi connectivity index (χ1) is 10.7. The number of esters is 1. The predicted octanol–water partition coefficient (Wildman–Crippen LogP) is 4.25. The Balaban J connectivity index is 2.46. The molecule has 1 heterocycles. The van der Waals surface area contributed by atoms with E-state index in [-0.39, 0.29) is 10.6 Å². The van der Waals surface area contributed by atoms with E-state index in [2.05, 4.69) is 4.74 Å². The Morgan fingerprint density at radius 1 is 1.26 bits per heavy atom. The highest BCUT2D eigenvalue weighted by atomic mass is 32.1. The Labute approximate surface area is 131 Å². The fourth-order valence-electron chi connectivity index (χ4n) is 1.68. The van der Waals surface area contributed by atoms with Crippen molar-refractivity contribution in [3.05, 3.63) is 50.2 Å². The fourth-order valence-corrected chi connectivity index (χ4v) is 2.41. The molecule has 23 heavy (non-hydrogen) atoms. The van der Waals surface area contributed by atoms with Crippen LogP contribution in [0.2, 0.25) is 0 Å². The number of benzene rings is 1. The number of rotatable bonds is 4. The third-order valence-electron chi connectivity index (χ3n) is 2.70. The van der Waals surface area contributed by atoms with Crippen LogP contribution < -0.4 is 4.74 Å². The second kappa shape index (κ2) is 6.24. The van der Waals surface area contributed by atoms with Crippen molar-refractivity contribution in [2.45, 2.75) is 6.18 Å². The summed E-state index contributed by atoms with van der Waals surface area (Å²) in [6.07, 6.45) is -4.86. The van der Waals surface area contributed by atoms with Crippen LogP contribution in [0.5, 0.6) is 11.5 Å². The summed E-state index contributed by atoms with van der Waals surface area (Å²) in [7, 11) is 1.12. The molecule has 0 radical (unpaired) electrons. The van der Waals surface area contributed by atoms with Gasteiger partial charge in [-0.05, 0) is 17.5 Å². The summed E-state index contributed by atoms with van der Waals surface area (Å²) < 4.78 is 48.8. The first-order valence-electron chi connectivity index (χ1n) is 5.93. The minimum Gasteiger partial charge on any atom is -0.465 e. The fraction of sp³-hybridized carbons (Fsp3) is 0.154. The van der Waals surface area contributed by atoms with E-state index in [0.29, 0.717) is 6.07 Å². The summed E-state index contributed by atoms with van der Waals surface area (Å²) in [6.45, 7) is 0. The van der Waals surface area contributed by atoms with E-state index < -0.39 is 34.1 Å². The molecular weight excluding hydrogens is 339 g/mol. The molecule has 0 amide bonds. The lowest BCUT2D eigenvalue weighted by Gasteiger charge is -2.13. The number of halogens is 3. The molecule has 0 atom stereocenters. The van der Waals surface area contributed by atoms with Crippen molar-refractivity contribution in [2.75, 3.05) is 7.11 Å². The van der Waals surface area contributed by atoms with Gasteiger partial charge < -0.3 is 9.47 Å². The SMILES string of the molecule is COC(=O)c1sccc1Oc1ccc([N+](=O)[O-])cc1C(F)(F)F. The Bertz CT molecular complexity index is 756. The average molecular weight is 347 g/mol. The van der Waals surface area contributed by atoms with Gasteiger partial charge in [0.1, 0.15) is 11.3 Å². The molecule has 6 nitrogen and oxygen atoms in total. The first kappa shape index (κ1) is 16.7. The molecule has 0 aliphatic carbocycles. The van der Waals surface area contributed by atoms with Gasteiger partial charge in [0.25, 0.3) is 5.69 Å². The number of alkyl halides is 3. The van der Waals surface area contributed by atoms with E-state index in [1.165, 1.54) is 11.4 Å². The van der Waals surface area contributed by atoms with Gasteiger partial charge in [-0.3, -0.25) is 10.1 Å². The van der Waals surface area contributed by atoms with Crippen LogP contribution in [0.1, 0.15) is 15.2 Å². The Hall–Kier alpha value is -2.62. The van der Waals surface area contributed by atoms with Gasteiger partial charge in [0.2, 0.25) is 0 Å². The lowest BCUT2D eigenvalue weighted by molar-refractivity contribution is -0.385. The van der Waals surface area contributed by atoms with Gasteiger partial charge in [-0.2, -0.15) is 13.2 Å². The van der Waals surface area contributed by atoms with Crippen molar-refractivity contribution >= 4 is 23.0 Å². The number of hydrogen-bond acceptors (Lipinski definition) is 6. The van der Waals surface area contributed by atoms with Crippen LogP contribution in [0, 0.1) is 10.1 Å². The van der Waals surface area contributed by atoms with Crippen LogP contribution >= 0.6 is 11.3 Å². The average Bonchev–Trinajstić information content (AvgIpc) is 2.93. The van der Waals surface area contributed by atoms with Gasteiger partial charge >= 0.3 is 12.1 Å². The second-order valence-electron chi connectivity index (χ2n) is 4.14. The number of nitro groups is 1. The smallest absolute Gasteiger partial charge is 0.420 e. The molecule has 10 heteroatoms. The van der Waals surface area contributed by atoms with E-state index in [0.717, 1.165) is 30.6 Å². The van der Waals surface area contributed by atoms with Crippen molar-refractivity contribution in [3.63, 3.8) is 0 Å². The van der Waals surface area contributed by atoms with Crippen molar-refractivity contribution in [3.8, 4) is 11.5 Å². The van der Waals surface area contributed by atoms with Crippen molar-refractivity contribution in [2.24, 2.45) is 0 Å². The number of non-ortho nitro benzene ring substituents is 1. The lowest BCUT2D eigenvalue weighted by atomic mass is 10.1. The molecule has 0 saturated heterocycles. The maximum atomic E-state index is 13.1. The molecule has 2 aromatic rings. The molecule has 0 spiro atoms. The molecule has 0 saturated carbocycles. The standard InChI is InChI=1S/C13H8F3NO5S/c1-21-12(18)11-10(4-5-23-11)22-9-3-2-7(17(19)20)6-8(9)13(14,15)16/h2-6H,1H3. The van der Waals surface area contributed by atoms with Gasteiger partial charge in [-0.15, -0.1) is 11.3 Å². The van der Waals surface area contributed by atoms with Gasteiger partial charge in [0.15, 0.2) is 10.6 Å². The molecule has 1 aromatic heterocycles. The third kappa shape index (κ3) is 3.59. The summed E-state index contributed by atoms with van der Waals surface area (Å²) in [6, 6.07) is 3.40. The summed E-state index contributed by atoms with van der Waals surface area (Å²) in [5.41, 5.74) is -2.03. The van der Waals surface area contributed by atoms with E-state index in [1.807, 2.05) is 0 Å². The number of carbonyl (C=O) groups is 1. The number of hydrogen-bond donors (Lipinski definition) is 0. The first-order valence-corrected chi connectivity index (χ1v) is 6.81. The van der Waals surface area contributed by atoms with Crippen LogP contribution in [0.25, 0.3) is 0 Å². The highest BCUT2D eigenvalue weighted by Crippen LogP contribution is 2.41. The van der Waals surface area contributed by atoms with Gasteiger partial charge in [-0.25, -0.2) is 4.79 Å². The minimum atomic E-state index is -4.86. The van der Waals surface area contributed by atoms with E-state index in [1.54, 1.807) is 0 Å². The molecular formula is C13H8F3NO5S. The molecule has 2 rings (SSSR count). The van der Waals surface area contributed by atoms with E-state index >= 15 is 0 Å². The molecule has 0 unspecified atom stereocenters. The summed E-state index contributed by atoms with van der Waals surface area (Å²) in [5.74, 6) is -1.53. The summed E-state index contributed by atoms with van der Waals surface area (Å²) >= 11 is 0.934. The highest BCUT2D eigenvalue weighted by Gasteiger charge is 2.36. The zero-order chi connectivity index (χ0) is 17.2. The second-order valence-corrected chi connectivity index (χ2v) is 5.06. The van der Waals surface area contributed by atoms with Crippen LogP contribution in [-0.2, 0) is 10.9 Å². The topological polar surface area (TPSA) is 78.7 Å². The monoisotopic (exact) mass is 347 g/mol. The van der Waals surface area contributed by atoms with Gasteiger partial charge in [0, 0.05) is 12.1 Å². The van der Waals surface area contributed by atoms with Gasteiger partial charge in [0.05, 0.1) is 12.0 Å². The number of thiophene rings is 1. The van der Waals surface area contributed by atoms with Crippen LogP contribution in [0.4, 0.5) is 18.9 Å². The molecule has 0 fully saturated rings. The van der Waals surface area contributed by atoms with Crippen LogP contribution in [-0.4, -0.2) is 18.0 Å². The molecule has 1 aromatic carbocycles. The maximum Gasteiger partial charge on any atom is 0.420 e. The normalized spacial score (nSPS) is 11.1. The predicted molar refractivity (Wildman–Crippen MR) is 73.8 cm³/mol. The molecule has 0 aliphatic rings. The largest absolute Gasteiger partial charge is 0.465 e. The highest BCUT2D eigenvalue weighted by molar-refractivity contribution is 7.12. The molecule has 122 valence electrons. The number of nitro benzene ring substituents is 1. The van der Waals surface area contributed by atoms with Crippen LogP contribution in [0.3, 0.4) is 0 Å². The zero-order valence-corrected chi connectivity index (χ0v) is 12.2. The maximum absolute atomic E-state index is 13.1. The number of carbonyl (C=O) groups excluding carboxylic acids is 1. The lowest BCUT2D eigenvalue weighted by Crippen LogP contribution is -2.08. The summed E-state index contributed by atoms with van der Waals surface area (Å²) in [4.78, 5) is 21.2.